The van der Waals surface area contributed by atoms with Crippen LogP contribution in [0.2, 0.25) is 0 Å². The van der Waals surface area contributed by atoms with Gasteiger partial charge in [-0.1, -0.05) is 30.3 Å². The highest BCUT2D eigenvalue weighted by Gasteiger charge is 2.37. The number of ketones is 1. The van der Waals surface area contributed by atoms with Crippen molar-refractivity contribution >= 4 is 5.78 Å². The Kier molecular flexibility index (Phi) is 4.20. The Morgan fingerprint density at radius 3 is 2.21 bits per heavy atom. The van der Waals surface area contributed by atoms with E-state index in [0.29, 0.717) is 0 Å². The summed E-state index contributed by atoms with van der Waals surface area (Å²) in [4.78, 5) is 12.6. The molecular weight excluding hydrogens is 312 g/mol. The number of carbonyl (C=O) groups excluding carboxylic acids is 1. The van der Waals surface area contributed by atoms with E-state index in [0.717, 1.165) is 5.56 Å². The van der Waals surface area contributed by atoms with Crippen molar-refractivity contribution in [2.45, 2.75) is 12.5 Å². The molecule has 2 aromatic rings. The van der Waals surface area contributed by atoms with E-state index in [9.17, 15) is 9.90 Å². The number of Topliss-reactive ketones (excluding diaryl/α,β-unsaturated/α-hetero) is 1. The minimum atomic E-state index is -0.461. The minimum absolute atomic E-state index is 0.0446. The van der Waals surface area contributed by atoms with Crippen LogP contribution in [-0.2, 0) is 0 Å². The number of phenolic OH excluding ortho intramolecular Hbond substituents is 1. The second kappa shape index (κ2) is 6.31. The summed E-state index contributed by atoms with van der Waals surface area (Å²) < 4.78 is 21.8. The molecule has 1 aliphatic rings. The van der Waals surface area contributed by atoms with Crippen molar-refractivity contribution < 1.29 is 28.8 Å². The molecule has 1 heterocycles. The Bertz CT molecular complexity index is 769. The van der Waals surface area contributed by atoms with E-state index in [4.69, 9.17) is 18.9 Å². The molecule has 2 aromatic carbocycles. The van der Waals surface area contributed by atoms with Crippen LogP contribution >= 0.6 is 0 Å². The summed E-state index contributed by atoms with van der Waals surface area (Å²) in [7, 11) is 4.24. The van der Waals surface area contributed by atoms with Crippen LogP contribution in [0.3, 0.4) is 0 Å². The van der Waals surface area contributed by atoms with E-state index < -0.39 is 6.10 Å². The summed E-state index contributed by atoms with van der Waals surface area (Å²) in [6, 6.07) is 9.42. The summed E-state index contributed by atoms with van der Waals surface area (Å²) in [5.41, 5.74) is 0.921. The maximum atomic E-state index is 12.6. The molecule has 6 heteroatoms. The predicted octanol–water partition coefficient (Wildman–Crippen LogP) is 3.12. The predicted molar refractivity (Wildman–Crippen MR) is 86.5 cm³/mol. The fraction of sp³-hybridized carbons (Fsp3) is 0.278. The van der Waals surface area contributed by atoms with Crippen molar-refractivity contribution in [3.05, 3.63) is 41.5 Å². The lowest BCUT2D eigenvalue weighted by atomic mass is 9.94. The first-order valence-electron chi connectivity index (χ1n) is 7.42. The summed E-state index contributed by atoms with van der Waals surface area (Å²) in [6.45, 7) is 0. The summed E-state index contributed by atoms with van der Waals surface area (Å²) in [5, 5.41) is 10.4. The molecule has 0 aliphatic carbocycles. The molecular formula is C18H18O6. The Morgan fingerprint density at radius 1 is 1.00 bits per heavy atom. The lowest BCUT2D eigenvalue weighted by Crippen LogP contribution is -2.21. The molecule has 1 N–H and O–H groups in total. The van der Waals surface area contributed by atoms with Gasteiger partial charge in [0.1, 0.15) is 11.7 Å². The Balaban J connectivity index is 2.18. The van der Waals surface area contributed by atoms with E-state index in [1.165, 1.54) is 21.3 Å². The Morgan fingerprint density at radius 2 is 1.62 bits per heavy atom. The SMILES string of the molecule is COc1c(O)c2c(c(OC)c1OC)OC(c1ccccc1)CC2=O. The first kappa shape index (κ1) is 16.0. The van der Waals surface area contributed by atoms with Crippen LogP contribution in [0.5, 0.6) is 28.7 Å². The number of ether oxygens (including phenoxy) is 4. The van der Waals surface area contributed by atoms with Crippen LogP contribution in [0, 0.1) is 0 Å². The zero-order chi connectivity index (χ0) is 17.3. The van der Waals surface area contributed by atoms with Crippen molar-refractivity contribution in [1.82, 2.24) is 0 Å². The molecule has 0 amide bonds. The average molecular weight is 330 g/mol. The molecule has 1 aliphatic heterocycles. The summed E-state index contributed by atoms with van der Waals surface area (Å²) >= 11 is 0. The van der Waals surface area contributed by atoms with Gasteiger partial charge >= 0.3 is 0 Å². The number of phenols is 1. The number of fused-ring (bicyclic) bond motifs is 1. The fourth-order valence-corrected chi connectivity index (χ4v) is 2.89. The minimum Gasteiger partial charge on any atom is -0.504 e. The fourth-order valence-electron chi connectivity index (χ4n) is 2.89. The van der Waals surface area contributed by atoms with Gasteiger partial charge in [-0.2, -0.15) is 0 Å². The number of rotatable bonds is 4. The number of aromatic hydroxyl groups is 1. The van der Waals surface area contributed by atoms with Crippen LogP contribution < -0.4 is 18.9 Å². The van der Waals surface area contributed by atoms with Gasteiger partial charge in [-0.05, 0) is 5.56 Å². The van der Waals surface area contributed by atoms with Gasteiger partial charge < -0.3 is 24.1 Å². The molecule has 0 saturated carbocycles. The van der Waals surface area contributed by atoms with Crippen molar-refractivity contribution in [3.8, 4) is 28.7 Å². The van der Waals surface area contributed by atoms with Gasteiger partial charge in [0.2, 0.25) is 17.2 Å². The summed E-state index contributed by atoms with van der Waals surface area (Å²) in [6.07, 6.45) is -0.346. The Labute approximate surface area is 139 Å². The van der Waals surface area contributed by atoms with Crippen LogP contribution in [-0.4, -0.2) is 32.2 Å². The van der Waals surface area contributed by atoms with Crippen molar-refractivity contribution in [3.63, 3.8) is 0 Å². The lowest BCUT2D eigenvalue weighted by molar-refractivity contribution is 0.0834. The molecule has 0 aromatic heterocycles. The smallest absolute Gasteiger partial charge is 0.211 e. The number of methoxy groups -OCH3 is 3. The van der Waals surface area contributed by atoms with E-state index in [1.807, 2.05) is 30.3 Å². The molecule has 24 heavy (non-hydrogen) atoms. The van der Waals surface area contributed by atoms with Gasteiger partial charge in [-0.25, -0.2) is 0 Å². The van der Waals surface area contributed by atoms with Crippen LogP contribution in [0.15, 0.2) is 30.3 Å². The van der Waals surface area contributed by atoms with E-state index in [2.05, 4.69) is 0 Å². The molecule has 0 bridgehead atoms. The second-order valence-corrected chi connectivity index (χ2v) is 5.30. The third-order valence-corrected chi connectivity index (χ3v) is 3.99. The van der Waals surface area contributed by atoms with Crippen molar-refractivity contribution in [1.29, 1.82) is 0 Å². The van der Waals surface area contributed by atoms with Gasteiger partial charge in [0, 0.05) is 0 Å². The maximum Gasteiger partial charge on any atom is 0.211 e. The largest absolute Gasteiger partial charge is 0.504 e. The van der Waals surface area contributed by atoms with Gasteiger partial charge in [-0.3, -0.25) is 4.79 Å². The van der Waals surface area contributed by atoms with Gasteiger partial charge in [0.25, 0.3) is 0 Å². The lowest BCUT2D eigenvalue weighted by Gasteiger charge is -2.29. The molecule has 1 unspecified atom stereocenters. The van der Waals surface area contributed by atoms with Gasteiger partial charge in [0.05, 0.1) is 27.8 Å². The highest BCUT2D eigenvalue weighted by molar-refractivity contribution is 6.05. The molecule has 1 atom stereocenters. The number of hydrogen-bond acceptors (Lipinski definition) is 6. The number of hydrogen-bond donors (Lipinski definition) is 1. The van der Waals surface area contributed by atoms with E-state index in [-0.39, 0.29) is 46.5 Å². The van der Waals surface area contributed by atoms with Crippen LogP contribution in [0.1, 0.15) is 28.4 Å². The topological polar surface area (TPSA) is 74.2 Å². The maximum absolute atomic E-state index is 12.6. The zero-order valence-corrected chi connectivity index (χ0v) is 13.7. The van der Waals surface area contributed by atoms with Crippen molar-refractivity contribution in [2.75, 3.05) is 21.3 Å². The first-order valence-corrected chi connectivity index (χ1v) is 7.42. The number of benzene rings is 2. The highest BCUT2D eigenvalue weighted by atomic mass is 16.6. The Hall–Kier alpha value is -2.89. The van der Waals surface area contributed by atoms with E-state index >= 15 is 0 Å². The number of carbonyl (C=O) groups is 1. The standard InChI is InChI=1S/C18H18O6/c1-21-16-14(20)13-11(19)9-12(10-7-5-4-6-8-10)24-15(13)17(22-2)18(16)23-3/h4-8,12,20H,9H2,1-3H3. The van der Waals surface area contributed by atoms with Gasteiger partial charge in [-0.15, -0.1) is 0 Å². The quantitative estimate of drug-likeness (QED) is 0.928. The molecule has 0 fully saturated rings. The van der Waals surface area contributed by atoms with Gasteiger partial charge in [0.15, 0.2) is 17.3 Å². The monoisotopic (exact) mass is 330 g/mol. The third-order valence-electron chi connectivity index (χ3n) is 3.99. The molecule has 0 radical (unpaired) electrons. The molecule has 6 nitrogen and oxygen atoms in total. The zero-order valence-electron chi connectivity index (χ0n) is 13.7. The van der Waals surface area contributed by atoms with E-state index in [1.54, 1.807) is 0 Å². The first-order chi connectivity index (χ1) is 11.6. The highest BCUT2D eigenvalue weighted by Crippen LogP contribution is 2.56. The second-order valence-electron chi connectivity index (χ2n) is 5.30. The normalized spacial score (nSPS) is 16.1. The molecule has 126 valence electrons. The molecule has 3 rings (SSSR count). The van der Waals surface area contributed by atoms with Crippen LogP contribution in [0.4, 0.5) is 0 Å². The molecule has 0 saturated heterocycles. The van der Waals surface area contributed by atoms with Crippen LogP contribution in [0.25, 0.3) is 0 Å². The third kappa shape index (κ3) is 2.40. The average Bonchev–Trinajstić information content (AvgIpc) is 2.61. The van der Waals surface area contributed by atoms with Crippen molar-refractivity contribution in [2.24, 2.45) is 0 Å². The molecule has 0 spiro atoms. The summed E-state index contributed by atoms with van der Waals surface area (Å²) in [5.74, 6) is 0.0541.